The van der Waals surface area contributed by atoms with Gasteiger partial charge in [-0.25, -0.2) is 0 Å². The van der Waals surface area contributed by atoms with Gasteiger partial charge in [-0.3, -0.25) is 0 Å². The van der Waals surface area contributed by atoms with Gasteiger partial charge in [0.25, 0.3) is 0 Å². The highest BCUT2D eigenvalue weighted by atomic mass is 16.5. The van der Waals surface area contributed by atoms with Gasteiger partial charge < -0.3 is 15.0 Å². The number of nitrogens with two attached hydrogens (primary N) is 1. The molecule has 0 atom stereocenters. The molecule has 3 heteroatoms. The Bertz CT molecular complexity index is 972. The average molecular weight is 358 g/mol. The van der Waals surface area contributed by atoms with E-state index in [4.69, 9.17) is 10.5 Å². The molecule has 0 radical (unpaired) electrons. The molecule has 0 saturated carbocycles. The van der Waals surface area contributed by atoms with Gasteiger partial charge in [0.05, 0.1) is 0 Å². The number of hydrogen-bond donors (Lipinski definition) is 1. The lowest BCUT2D eigenvalue weighted by molar-refractivity contribution is 0.306. The second kappa shape index (κ2) is 8.95. The lowest BCUT2D eigenvalue weighted by Crippen LogP contribution is -1.98. The molecule has 4 aromatic rings. The molecule has 4 rings (SSSR count). The highest BCUT2D eigenvalue weighted by molar-refractivity contribution is 5.81. The molecule has 138 valence electrons. The molecule has 27 heavy (non-hydrogen) atoms. The summed E-state index contributed by atoms with van der Waals surface area (Å²) in [5, 5.41) is 1.18. The van der Waals surface area contributed by atoms with E-state index in [1.54, 1.807) is 0 Å². The Labute approximate surface area is 161 Å². The Morgan fingerprint density at radius 3 is 2.30 bits per heavy atom. The van der Waals surface area contributed by atoms with Crippen LogP contribution in [-0.4, -0.2) is 4.57 Å². The first-order valence-electron chi connectivity index (χ1n) is 9.38. The zero-order valence-electron chi connectivity index (χ0n) is 15.9. The maximum atomic E-state index is 5.92. The van der Waals surface area contributed by atoms with Crippen LogP contribution in [0, 0.1) is 0 Å². The van der Waals surface area contributed by atoms with Gasteiger partial charge in [-0.2, -0.15) is 0 Å². The Kier molecular flexibility index (Phi) is 6.16. The molecule has 0 spiro atoms. The van der Waals surface area contributed by atoms with Crippen LogP contribution in [0.5, 0.6) is 5.75 Å². The fourth-order valence-corrected chi connectivity index (χ4v) is 2.97. The van der Waals surface area contributed by atoms with Crippen LogP contribution in [0.25, 0.3) is 10.9 Å². The largest absolute Gasteiger partial charge is 0.489 e. The van der Waals surface area contributed by atoms with Crippen molar-refractivity contribution in [3.05, 3.63) is 96.2 Å². The summed E-state index contributed by atoms with van der Waals surface area (Å²) in [6.45, 7) is 5.41. The van der Waals surface area contributed by atoms with Gasteiger partial charge in [-0.15, -0.1) is 0 Å². The van der Waals surface area contributed by atoms with E-state index in [9.17, 15) is 0 Å². The van der Waals surface area contributed by atoms with Crippen molar-refractivity contribution in [3.63, 3.8) is 0 Å². The molecular weight excluding hydrogens is 332 g/mol. The Balaban J connectivity index is 0.00000102. The molecule has 0 fully saturated rings. The zero-order valence-corrected chi connectivity index (χ0v) is 15.9. The van der Waals surface area contributed by atoms with Crippen LogP contribution in [0.1, 0.15) is 25.0 Å². The van der Waals surface area contributed by atoms with Gasteiger partial charge in [0, 0.05) is 29.3 Å². The fourth-order valence-electron chi connectivity index (χ4n) is 2.97. The quantitative estimate of drug-likeness (QED) is 0.453. The van der Waals surface area contributed by atoms with Crippen LogP contribution < -0.4 is 10.5 Å². The predicted molar refractivity (Wildman–Crippen MR) is 114 cm³/mol. The third kappa shape index (κ3) is 4.70. The summed E-state index contributed by atoms with van der Waals surface area (Å²) in [7, 11) is 0. The Morgan fingerprint density at radius 2 is 1.56 bits per heavy atom. The van der Waals surface area contributed by atoms with Crippen LogP contribution in [0.4, 0.5) is 5.69 Å². The number of ether oxygens (including phenoxy) is 1. The number of nitrogens with zero attached hydrogens (tertiary/aromatic N) is 1. The molecule has 0 aliphatic heterocycles. The molecule has 2 N–H and O–H groups in total. The third-order valence-electron chi connectivity index (χ3n) is 4.32. The second-order valence-electron chi connectivity index (χ2n) is 6.18. The van der Waals surface area contributed by atoms with Gasteiger partial charge in [0.2, 0.25) is 0 Å². The number of hydrogen-bond acceptors (Lipinski definition) is 2. The SMILES string of the molecule is CC.Nc1ccc(Cn2ccc3cc(OCc4ccccc4)ccc32)cc1. The van der Waals surface area contributed by atoms with Crippen LogP contribution in [0.15, 0.2) is 85.1 Å². The first-order valence-corrected chi connectivity index (χ1v) is 9.38. The molecule has 0 bridgehead atoms. The lowest BCUT2D eigenvalue weighted by atomic mass is 10.2. The van der Waals surface area contributed by atoms with Crippen molar-refractivity contribution < 1.29 is 4.74 Å². The molecule has 3 nitrogen and oxygen atoms in total. The van der Waals surface area contributed by atoms with Crippen molar-refractivity contribution in [2.45, 2.75) is 27.0 Å². The summed E-state index contributed by atoms with van der Waals surface area (Å²) < 4.78 is 8.16. The summed E-state index contributed by atoms with van der Waals surface area (Å²) in [5.41, 5.74) is 10.2. The highest BCUT2D eigenvalue weighted by Gasteiger charge is 2.04. The normalized spacial score (nSPS) is 10.3. The topological polar surface area (TPSA) is 40.2 Å². The number of fused-ring (bicyclic) bond motifs is 1. The summed E-state index contributed by atoms with van der Waals surface area (Å²) >= 11 is 0. The molecule has 1 heterocycles. The van der Waals surface area contributed by atoms with Gasteiger partial charge in [-0.1, -0.05) is 56.3 Å². The fraction of sp³-hybridized carbons (Fsp3) is 0.167. The molecule has 0 aliphatic carbocycles. The first-order chi connectivity index (χ1) is 13.3. The second-order valence-corrected chi connectivity index (χ2v) is 6.18. The predicted octanol–water partition coefficient (Wildman–Crippen LogP) is 5.88. The van der Waals surface area contributed by atoms with E-state index in [2.05, 4.69) is 53.2 Å². The zero-order chi connectivity index (χ0) is 19.1. The number of anilines is 1. The maximum absolute atomic E-state index is 5.92. The van der Waals surface area contributed by atoms with Crippen molar-refractivity contribution in [3.8, 4) is 5.75 Å². The van der Waals surface area contributed by atoms with E-state index in [1.165, 1.54) is 22.0 Å². The molecule has 0 saturated heterocycles. The van der Waals surface area contributed by atoms with Crippen molar-refractivity contribution in [2.75, 3.05) is 5.73 Å². The summed E-state index contributed by atoms with van der Waals surface area (Å²) in [6, 6.07) is 26.6. The molecular formula is C24H26N2O. The first kappa shape index (κ1) is 18.6. The number of aromatic nitrogens is 1. The van der Waals surface area contributed by atoms with Crippen LogP contribution in [0.2, 0.25) is 0 Å². The summed E-state index contributed by atoms with van der Waals surface area (Å²) in [4.78, 5) is 0. The van der Waals surface area contributed by atoms with Gasteiger partial charge in [0.15, 0.2) is 0 Å². The minimum absolute atomic E-state index is 0.582. The summed E-state index contributed by atoms with van der Waals surface area (Å²) in [6.07, 6.45) is 2.11. The minimum Gasteiger partial charge on any atom is -0.489 e. The Hall–Kier alpha value is -3.20. The standard InChI is InChI=1S/C22H20N2O.C2H6/c23-20-8-6-17(7-9-20)15-24-13-12-19-14-21(10-11-22(19)24)25-16-18-4-2-1-3-5-18;1-2/h1-14H,15-16,23H2;1-2H3. The monoisotopic (exact) mass is 358 g/mol. The van der Waals surface area contributed by atoms with E-state index in [0.717, 1.165) is 18.0 Å². The minimum atomic E-state index is 0.582. The van der Waals surface area contributed by atoms with E-state index in [-0.39, 0.29) is 0 Å². The van der Waals surface area contributed by atoms with Crippen LogP contribution >= 0.6 is 0 Å². The molecule has 0 unspecified atom stereocenters. The molecule has 3 aromatic carbocycles. The number of nitrogen functional groups attached to an aromatic ring is 1. The smallest absolute Gasteiger partial charge is 0.120 e. The molecule has 1 aromatic heterocycles. The van der Waals surface area contributed by atoms with Crippen molar-refractivity contribution in [1.29, 1.82) is 0 Å². The average Bonchev–Trinajstić information content (AvgIpc) is 3.12. The van der Waals surface area contributed by atoms with E-state index in [1.807, 2.05) is 50.2 Å². The van der Waals surface area contributed by atoms with E-state index in [0.29, 0.717) is 6.61 Å². The maximum Gasteiger partial charge on any atom is 0.120 e. The molecule has 0 aliphatic rings. The molecule has 0 amide bonds. The van der Waals surface area contributed by atoms with Crippen LogP contribution in [0.3, 0.4) is 0 Å². The van der Waals surface area contributed by atoms with E-state index < -0.39 is 0 Å². The number of benzene rings is 3. The summed E-state index contributed by atoms with van der Waals surface area (Å²) in [5.74, 6) is 0.890. The van der Waals surface area contributed by atoms with Crippen molar-refractivity contribution in [2.24, 2.45) is 0 Å². The van der Waals surface area contributed by atoms with Crippen LogP contribution in [-0.2, 0) is 13.2 Å². The van der Waals surface area contributed by atoms with Crippen molar-refractivity contribution in [1.82, 2.24) is 4.57 Å². The van der Waals surface area contributed by atoms with Crippen molar-refractivity contribution >= 4 is 16.6 Å². The van der Waals surface area contributed by atoms with Gasteiger partial charge in [-0.05, 0) is 47.5 Å². The van der Waals surface area contributed by atoms with Gasteiger partial charge >= 0.3 is 0 Å². The Morgan fingerprint density at radius 1 is 0.815 bits per heavy atom. The highest BCUT2D eigenvalue weighted by Crippen LogP contribution is 2.23. The number of rotatable bonds is 5. The third-order valence-corrected chi connectivity index (χ3v) is 4.32. The van der Waals surface area contributed by atoms with Gasteiger partial charge in [0.1, 0.15) is 12.4 Å². The van der Waals surface area contributed by atoms with E-state index >= 15 is 0 Å². The lowest BCUT2D eigenvalue weighted by Gasteiger charge is -2.09.